The van der Waals surface area contributed by atoms with Crippen molar-refractivity contribution in [2.45, 2.75) is 25.8 Å². The van der Waals surface area contributed by atoms with Gasteiger partial charge in [0, 0.05) is 6.42 Å². The van der Waals surface area contributed by atoms with Crippen LogP contribution in [0, 0.1) is 0 Å². The minimum absolute atomic E-state index is 0.160. The Bertz CT molecular complexity index is 388. The fourth-order valence-electron chi connectivity index (χ4n) is 0.973. The largest absolute Gasteiger partial charge is 0.508 e. The summed E-state index contributed by atoms with van der Waals surface area (Å²) in [5.41, 5.74) is 6.12. The maximum atomic E-state index is 10.4. The molecule has 0 aromatic heterocycles. The first-order chi connectivity index (χ1) is 8.36. The van der Waals surface area contributed by atoms with Crippen LogP contribution in [0.25, 0.3) is 0 Å². The first-order valence-corrected chi connectivity index (χ1v) is 5.34. The fourth-order valence-corrected chi connectivity index (χ4v) is 0.973. The van der Waals surface area contributed by atoms with Gasteiger partial charge in [0.25, 0.3) is 0 Å². The lowest BCUT2D eigenvalue weighted by molar-refractivity contribution is -0.138. The third kappa shape index (κ3) is 7.24. The Hall–Kier alpha value is -2.08. The van der Waals surface area contributed by atoms with Gasteiger partial charge >= 0.3 is 11.9 Å². The lowest BCUT2D eigenvalue weighted by Crippen LogP contribution is -2.32. The van der Waals surface area contributed by atoms with Crippen molar-refractivity contribution in [1.82, 2.24) is 0 Å². The maximum Gasteiger partial charge on any atom is 0.320 e. The van der Waals surface area contributed by atoms with Crippen molar-refractivity contribution in [2.75, 3.05) is 0 Å². The summed E-state index contributed by atoms with van der Waals surface area (Å²) in [6, 6.07) is 5.42. The van der Waals surface area contributed by atoms with Crippen LogP contribution >= 0.6 is 0 Å². The summed E-state index contributed by atoms with van der Waals surface area (Å²) in [7, 11) is 0. The summed E-state index contributed by atoms with van der Waals surface area (Å²) < 4.78 is 0. The molecule has 0 fully saturated rings. The molecule has 0 aliphatic heterocycles. The molecule has 100 valence electrons. The normalized spacial score (nSPS) is 11.0. The molecule has 1 aromatic carbocycles. The number of carboxylic acid groups (broad SMARTS) is 2. The molecule has 6 nitrogen and oxygen atoms in total. The highest BCUT2D eigenvalue weighted by Crippen LogP contribution is 2.10. The molecule has 0 aliphatic carbocycles. The molecule has 6 heteroatoms. The Morgan fingerprint density at radius 2 is 1.67 bits per heavy atom. The van der Waals surface area contributed by atoms with Gasteiger partial charge in [-0.15, -0.1) is 0 Å². The number of carbonyl (C=O) groups is 2. The molecule has 5 N–H and O–H groups in total. The topological polar surface area (TPSA) is 121 Å². The van der Waals surface area contributed by atoms with Crippen molar-refractivity contribution in [3.8, 4) is 5.75 Å². The van der Waals surface area contributed by atoms with Crippen LogP contribution in [-0.4, -0.2) is 33.3 Å². The predicted octanol–water partition coefficient (Wildman–Crippen LogP) is 0.828. The third-order valence-corrected chi connectivity index (χ3v) is 2.01. The van der Waals surface area contributed by atoms with E-state index in [-0.39, 0.29) is 18.6 Å². The zero-order chi connectivity index (χ0) is 14.1. The number of nitrogens with two attached hydrogens (primary N) is 1. The van der Waals surface area contributed by atoms with Gasteiger partial charge in [0.1, 0.15) is 11.8 Å². The van der Waals surface area contributed by atoms with Crippen LogP contribution in [0.15, 0.2) is 24.3 Å². The molecule has 18 heavy (non-hydrogen) atoms. The van der Waals surface area contributed by atoms with Gasteiger partial charge in [-0.2, -0.15) is 0 Å². The van der Waals surface area contributed by atoms with E-state index in [4.69, 9.17) is 21.1 Å². The van der Waals surface area contributed by atoms with Crippen molar-refractivity contribution in [2.24, 2.45) is 5.73 Å². The van der Waals surface area contributed by atoms with Crippen molar-refractivity contribution in [1.29, 1.82) is 0 Å². The van der Waals surface area contributed by atoms with E-state index < -0.39 is 18.0 Å². The minimum Gasteiger partial charge on any atom is -0.508 e. The van der Waals surface area contributed by atoms with Crippen molar-refractivity contribution < 1.29 is 24.9 Å². The highest BCUT2D eigenvalue weighted by Gasteiger charge is 2.11. The molecule has 0 saturated carbocycles. The number of rotatable bonds is 4. The number of hydrogen-bond acceptors (Lipinski definition) is 4. The van der Waals surface area contributed by atoms with Gasteiger partial charge in [-0.05, 0) is 24.1 Å². The second-order valence-electron chi connectivity index (χ2n) is 3.56. The molecule has 1 aromatic rings. The van der Waals surface area contributed by atoms with E-state index >= 15 is 0 Å². The van der Waals surface area contributed by atoms with Crippen molar-refractivity contribution in [3.05, 3.63) is 29.8 Å². The van der Waals surface area contributed by atoms with E-state index in [1.165, 1.54) is 12.1 Å². The first kappa shape index (κ1) is 15.9. The summed E-state index contributed by atoms with van der Waals surface area (Å²) in [6.45, 7) is 1.60. The average Bonchev–Trinajstić information content (AvgIpc) is 2.32. The summed E-state index contributed by atoms with van der Waals surface area (Å²) >= 11 is 0. The zero-order valence-corrected chi connectivity index (χ0v) is 10.0. The van der Waals surface area contributed by atoms with Crippen LogP contribution in [0.1, 0.15) is 18.9 Å². The monoisotopic (exact) mass is 255 g/mol. The van der Waals surface area contributed by atoms with Crippen molar-refractivity contribution >= 4 is 11.9 Å². The van der Waals surface area contributed by atoms with Crippen LogP contribution < -0.4 is 5.73 Å². The van der Waals surface area contributed by atoms with Crippen LogP contribution in [0.5, 0.6) is 5.75 Å². The van der Waals surface area contributed by atoms with Crippen LogP contribution in [-0.2, 0) is 16.0 Å². The molecular weight excluding hydrogens is 238 g/mol. The Labute approximate surface area is 105 Å². The number of carboxylic acids is 2. The molecule has 1 unspecified atom stereocenters. The van der Waals surface area contributed by atoms with E-state index in [1.54, 1.807) is 19.1 Å². The second kappa shape index (κ2) is 8.08. The summed E-state index contributed by atoms with van der Waals surface area (Å²) in [4.78, 5) is 19.8. The maximum absolute atomic E-state index is 10.4. The van der Waals surface area contributed by atoms with E-state index in [9.17, 15) is 9.59 Å². The molecule has 0 amide bonds. The van der Waals surface area contributed by atoms with Gasteiger partial charge in [-0.25, -0.2) is 0 Å². The van der Waals surface area contributed by atoms with E-state index in [0.717, 1.165) is 5.56 Å². The number of hydrogen-bond donors (Lipinski definition) is 4. The van der Waals surface area contributed by atoms with Gasteiger partial charge in [-0.1, -0.05) is 19.1 Å². The summed E-state index contributed by atoms with van der Waals surface area (Å²) in [5.74, 6) is -1.61. The molecule has 1 rings (SSSR count). The molecule has 0 radical (unpaired) electrons. The van der Waals surface area contributed by atoms with Crippen molar-refractivity contribution in [3.63, 3.8) is 0 Å². The lowest BCUT2D eigenvalue weighted by Gasteiger charge is -2.05. The Balaban J connectivity index is 0.000000494. The molecule has 0 spiro atoms. The SMILES string of the molecule is CCC(=O)O.NC(Cc1ccc(O)cc1)C(=O)O. The Morgan fingerprint density at radius 1 is 1.22 bits per heavy atom. The Kier molecular flexibility index (Phi) is 7.14. The molecule has 0 bridgehead atoms. The number of phenolic OH excluding ortho intramolecular Hbond substituents is 1. The highest BCUT2D eigenvalue weighted by molar-refractivity contribution is 5.73. The number of phenols is 1. The minimum atomic E-state index is -1.02. The zero-order valence-electron chi connectivity index (χ0n) is 10.0. The van der Waals surface area contributed by atoms with Crippen LogP contribution in [0.2, 0.25) is 0 Å². The quantitative estimate of drug-likeness (QED) is 0.632. The number of aliphatic carboxylic acids is 2. The Morgan fingerprint density at radius 3 is 2.00 bits per heavy atom. The fraction of sp³-hybridized carbons (Fsp3) is 0.333. The van der Waals surface area contributed by atoms with Gasteiger partial charge < -0.3 is 21.1 Å². The standard InChI is InChI=1S/C9H11NO3.C3H6O2/c10-8(9(12)13)5-6-1-3-7(11)4-2-6;1-2-3(4)5/h1-4,8,11H,5,10H2,(H,12,13);2H2,1H3,(H,4,5). The molecule has 1 atom stereocenters. The van der Waals surface area contributed by atoms with E-state index in [2.05, 4.69) is 0 Å². The highest BCUT2D eigenvalue weighted by atomic mass is 16.4. The molecule has 0 aliphatic rings. The van der Waals surface area contributed by atoms with Crippen LogP contribution in [0.3, 0.4) is 0 Å². The molecular formula is C12H17NO5. The number of aromatic hydroxyl groups is 1. The lowest BCUT2D eigenvalue weighted by atomic mass is 10.1. The van der Waals surface area contributed by atoms with E-state index in [0.29, 0.717) is 0 Å². The number of benzene rings is 1. The summed E-state index contributed by atoms with van der Waals surface area (Å²) in [5, 5.41) is 25.2. The van der Waals surface area contributed by atoms with Gasteiger partial charge in [0.05, 0.1) is 0 Å². The first-order valence-electron chi connectivity index (χ1n) is 5.34. The van der Waals surface area contributed by atoms with Gasteiger partial charge in [-0.3, -0.25) is 9.59 Å². The molecule has 0 saturated heterocycles. The third-order valence-electron chi connectivity index (χ3n) is 2.01. The predicted molar refractivity (Wildman–Crippen MR) is 65.3 cm³/mol. The summed E-state index contributed by atoms with van der Waals surface area (Å²) in [6.07, 6.45) is 0.496. The van der Waals surface area contributed by atoms with Gasteiger partial charge in [0.2, 0.25) is 0 Å². The van der Waals surface area contributed by atoms with E-state index in [1.807, 2.05) is 0 Å². The van der Waals surface area contributed by atoms with Gasteiger partial charge in [0.15, 0.2) is 0 Å². The smallest absolute Gasteiger partial charge is 0.320 e. The van der Waals surface area contributed by atoms with Crippen LogP contribution in [0.4, 0.5) is 0 Å². The molecule has 0 heterocycles. The average molecular weight is 255 g/mol. The second-order valence-corrected chi connectivity index (χ2v) is 3.56.